The van der Waals surface area contributed by atoms with E-state index in [1.54, 1.807) is 0 Å². The van der Waals surface area contributed by atoms with Crippen molar-refractivity contribution in [3.63, 3.8) is 0 Å². The van der Waals surface area contributed by atoms with Crippen LogP contribution in [0.2, 0.25) is 0 Å². The van der Waals surface area contributed by atoms with Crippen LogP contribution in [0.5, 0.6) is 0 Å². The predicted molar refractivity (Wildman–Crippen MR) is 83.6 cm³/mol. The molecular weight excluding hydrogens is 286 g/mol. The van der Waals surface area contributed by atoms with Crippen LogP contribution in [0.1, 0.15) is 38.3 Å². The minimum atomic E-state index is 0.429. The molecule has 1 fully saturated rings. The first-order valence-corrected chi connectivity index (χ1v) is 7.94. The Kier molecular flexibility index (Phi) is 4.05. The van der Waals surface area contributed by atoms with Crippen molar-refractivity contribution >= 4 is 21.6 Å². The second-order valence-electron chi connectivity index (χ2n) is 6.55. The number of hydrogen-bond acceptors (Lipinski definition) is 1. The van der Waals surface area contributed by atoms with E-state index in [1.807, 2.05) is 0 Å². The standard InChI is InChI=1S/C16H24BrN/c1-12-9-13(10-17)5-6-15(12)18-8-7-14(11-18)16(2,3)4/h5-6,9,14H,7-8,10-11H2,1-4H3. The van der Waals surface area contributed by atoms with Crippen LogP contribution in [0.15, 0.2) is 18.2 Å². The van der Waals surface area contributed by atoms with Crippen LogP contribution < -0.4 is 4.90 Å². The predicted octanol–water partition coefficient (Wildman–Crippen LogP) is 4.76. The van der Waals surface area contributed by atoms with E-state index in [2.05, 4.69) is 66.7 Å². The summed E-state index contributed by atoms with van der Waals surface area (Å²) >= 11 is 3.52. The molecule has 1 aliphatic rings. The van der Waals surface area contributed by atoms with Gasteiger partial charge in [-0.2, -0.15) is 0 Å². The highest BCUT2D eigenvalue weighted by molar-refractivity contribution is 9.08. The van der Waals surface area contributed by atoms with Crippen LogP contribution in [0.4, 0.5) is 5.69 Å². The third-order valence-electron chi connectivity index (χ3n) is 4.17. The van der Waals surface area contributed by atoms with Gasteiger partial charge in [0.15, 0.2) is 0 Å². The number of benzene rings is 1. The first kappa shape index (κ1) is 13.9. The van der Waals surface area contributed by atoms with E-state index in [-0.39, 0.29) is 0 Å². The van der Waals surface area contributed by atoms with Gasteiger partial charge in [-0.25, -0.2) is 0 Å². The molecule has 1 aromatic carbocycles. The molecule has 2 rings (SSSR count). The van der Waals surface area contributed by atoms with Crippen molar-refractivity contribution < 1.29 is 0 Å². The van der Waals surface area contributed by atoms with Crippen molar-refractivity contribution in [3.8, 4) is 0 Å². The van der Waals surface area contributed by atoms with Crippen molar-refractivity contribution in [3.05, 3.63) is 29.3 Å². The molecule has 2 heteroatoms. The van der Waals surface area contributed by atoms with Gasteiger partial charge >= 0.3 is 0 Å². The van der Waals surface area contributed by atoms with E-state index in [4.69, 9.17) is 0 Å². The fraction of sp³-hybridized carbons (Fsp3) is 0.625. The molecule has 0 saturated carbocycles. The molecule has 1 unspecified atom stereocenters. The highest BCUT2D eigenvalue weighted by Crippen LogP contribution is 2.36. The van der Waals surface area contributed by atoms with Crippen molar-refractivity contribution in [2.24, 2.45) is 11.3 Å². The first-order valence-electron chi connectivity index (χ1n) is 6.82. The summed E-state index contributed by atoms with van der Waals surface area (Å²) in [6, 6.07) is 6.83. The van der Waals surface area contributed by atoms with Crippen molar-refractivity contribution in [1.82, 2.24) is 0 Å². The van der Waals surface area contributed by atoms with E-state index in [1.165, 1.54) is 36.3 Å². The van der Waals surface area contributed by atoms with Crippen molar-refractivity contribution in [1.29, 1.82) is 0 Å². The topological polar surface area (TPSA) is 3.24 Å². The molecule has 1 aliphatic heterocycles. The highest BCUT2D eigenvalue weighted by atomic mass is 79.9. The minimum Gasteiger partial charge on any atom is -0.371 e. The molecule has 0 spiro atoms. The van der Waals surface area contributed by atoms with Crippen molar-refractivity contribution in [2.45, 2.75) is 39.4 Å². The van der Waals surface area contributed by atoms with Crippen molar-refractivity contribution in [2.75, 3.05) is 18.0 Å². The molecule has 1 heterocycles. The second kappa shape index (κ2) is 5.24. The molecule has 0 radical (unpaired) electrons. The number of alkyl halides is 1. The van der Waals surface area contributed by atoms with Gasteiger partial charge < -0.3 is 4.90 Å². The smallest absolute Gasteiger partial charge is 0.0396 e. The van der Waals surface area contributed by atoms with Gasteiger partial charge in [0.2, 0.25) is 0 Å². The fourth-order valence-electron chi connectivity index (χ4n) is 2.84. The van der Waals surface area contributed by atoms with Gasteiger partial charge in [0.1, 0.15) is 0 Å². The molecule has 0 N–H and O–H groups in total. The number of halogens is 1. The lowest BCUT2D eigenvalue weighted by atomic mass is 9.80. The fourth-order valence-corrected chi connectivity index (χ4v) is 3.19. The van der Waals surface area contributed by atoms with Crippen LogP contribution in [-0.4, -0.2) is 13.1 Å². The van der Waals surface area contributed by atoms with Gasteiger partial charge in [0.25, 0.3) is 0 Å². The first-order chi connectivity index (χ1) is 8.41. The Morgan fingerprint density at radius 3 is 2.56 bits per heavy atom. The van der Waals surface area contributed by atoms with Gasteiger partial charge in [0.05, 0.1) is 0 Å². The van der Waals surface area contributed by atoms with Gasteiger partial charge in [-0.3, -0.25) is 0 Å². The molecule has 0 amide bonds. The Hall–Kier alpha value is -0.500. The summed E-state index contributed by atoms with van der Waals surface area (Å²) < 4.78 is 0. The highest BCUT2D eigenvalue weighted by Gasteiger charge is 2.32. The van der Waals surface area contributed by atoms with E-state index >= 15 is 0 Å². The Bertz CT molecular complexity index is 420. The average molecular weight is 310 g/mol. The maximum Gasteiger partial charge on any atom is 0.0396 e. The number of anilines is 1. The zero-order valence-electron chi connectivity index (χ0n) is 12.0. The summed E-state index contributed by atoms with van der Waals surface area (Å²) in [5.41, 5.74) is 4.62. The number of hydrogen-bond donors (Lipinski definition) is 0. The third-order valence-corrected chi connectivity index (χ3v) is 4.82. The van der Waals surface area contributed by atoms with Crippen LogP contribution in [0.3, 0.4) is 0 Å². The maximum atomic E-state index is 3.52. The van der Waals surface area contributed by atoms with E-state index in [9.17, 15) is 0 Å². The largest absolute Gasteiger partial charge is 0.371 e. The lowest BCUT2D eigenvalue weighted by Crippen LogP contribution is -2.26. The molecule has 1 atom stereocenters. The molecule has 0 aromatic heterocycles. The quantitative estimate of drug-likeness (QED) is 0.712. The normalized spacial score (nSPS) is 20.5. The molecular formula is C16H24BrN. The summed E-state index contributed by atoms with van der Waals surface area (Å²) in [6.45, 7) is 11.7. The second-order valence-corrected chi connectivity index (χ2v) is 7.11. The van der Waals surface area contributed by atoms with Crippen LogP contribution in [-0.2, 0) is 5.33 Å². The lowest BCUT2D eigenvalue weighted by Gasteiger charge is -2.28. The van der Waals surface area contributed by atoms with Crippen LogP contribution in [0, 0.1) is 18.3 Å². The zero-order valence-corrected chi connectivity index (χ0v) is 13.5. The van der Waals surface area contributed by atoms with Gasteiger partial charge in [-0.05, 0) is 41.9 Å². The zero-order chi connectivity index (χ0) is 13.3. The Labute approximate surface area is 120 Å². The van der Waals surface area contributed by atoms with E-state index < -0.39 is 0 Å². The monoisotopic (exact) mass is 309 g/mol. The van der Waals surface area contributed by atoms with Crippen LogP contribution >= 0.6 is 15.9 Å². The molecule has 1 saturated heterocycles. The van der Waals surface area contributed by atoms with E-state index in [0.717, 1.165) is 11.2 Å². The number of nitrogens with zero attached hydrogens (tertiary/aromatic N) is 1. The molecule has 18 heavy (non-hydrogen) atoms. The summed E-state index contributed by atoms with van der Waals surface area (Å²) in [6.07, 6.45) is 1.32. The molecule has 0 aliphatic carbocycles. The molecule has 0 bridgehead atoms. The van der Waals surface area contributed by atoms with Gasteiger partial charge in [0, 0.05) is 24.1 Å². The third kappa shape index (κ3) is 2.90. The van der Waals surface area contributed by atoms with Gasteiger partial charge in [-0.1, -0.05) is 48.8 Å². The molecule has 1 aromatic rings. The Morgan fingerprint density at radius 1 is 1.33 bits per heavy atom. The molecule has 1 nitrogen and oxygen atoms in total. The average Bonchev–Trinajstić information content (AvgIpc) is 2.77. The number of rotatable bonds is 2. The lowest BCUT2D eigenvalue weighted by molar-refractivity contribution is 0.263. The Morgan fingerprint density at radius 2 is 2.06 bits per heavy atom. The Balaban J connectivity index is 2.14. The number of aryl methyl sites for hydroxylation is 1. The molecule has 100 valence electrons. The summed E-state index contributed by atoms with van der Waals surface area (Å²) in [5, 5.41) is 0.943. The van der Waals surface area contributed by atoms with Crippen LogP contribution in [0.25, 0.3) is 0 Å². The SMILES string of the molecule is Cc1cc(CBr)ccc1N1CCC(C(C)(C)C)C1. The summed E-state index contributed by atoms with van der Waals surface area (Å²) in [4.78, 5) is 2.56. The summed E-state index contributed by atoms with van der Waals surface area (Å²) in [5.74, 6) is 0.813. The minimum absolute atomic E-state index is 0.429. The van der Waals surface area contributed by atoms with Gasteiger partial charge in [-0.15, -0.1) is 0 Å². The summed E-state index contributed by atoms with van der Waals surface area (Å²) in [7, 11) is 0. The van der Waals surface area contributed by atoms with E-state index in [0.29, 0.717) is 5.41 Å². The maximum absolute atomic E-state index is 3.52.